The van der Waals surface area contributed by atoms with Gasteiger partial charge in [-0.25, -0.2) is 9.78 Å². The second kappa shape index (κ2) is 6.60. The number of carbonyl (C=O) groups is 1. The van der Waals surface area contributed by atoms with Gasteiger partial charge in [-0.1, -0.05) is 12.1 Å². The molecule has 0 amide bonds. The number of nitrogens with zero attached hydrogens (tertiary/aromatic N) is 2. The number of benzene rings is 1. The van der Waals surface area contributed by atoms with Crippen molar-refractivity contribution in [3.8, 4) is 0 Å². The number of rotatable bonds is 4. The summed E-state index contributed by atoms with van der Waals surface area (Å²) in [5.41, 5.74) is 1.40. The minimum Gasteiger partial charge on any atom is -0.478 e. The van der Waals surface area contributed by atoms with Crippen LogP contribution in [0.5, 0.6) is 0 Å². The van der Waals surface area contributed by atoms with E-state index in [9.17, 15) is 4.79 Å². The lowest BCUT2D eigenvalue weighted by Crippen LogP contribution is -2.35. The molecule has 6 heteroatoms. The van der Waals surface area contributed by atoms with Gasteiger partial charge < -0.3 is 5.11 Å². The molecule has 2 aromatic rings. The first-order valence-electron chi connectivity index (χ1n) is 6.77. The Morgan fingerprint density at radius 2 is 2.38 bits per heavy atom. The van der Waals surface area contributed by atoms with Gasteiger partial charge in [0.1, 0.15) is 5.01 Å². The number of carboxylic acid groups (broad SMARTS) is 1. The number of aromatic nitrogens is 1. The Morgan fingerprint density at radius 3 is 3.14 bits per heavy atom. The lowest BCUT2D eigenvalue weighted by molar-refractivity contribution is 0.0696. The fraction of sp³-hybridized carbons (Fsp3) is 0.333. The molecule has 1 fully saturated rings. The summed E-state index contributed by atoms with van der Waals surface area (Å²) >= 11 is 3.65. The van der Waals surface area contributed by atoms with E-state index < -0.39 is 5.97 Å². The van der Waals surface area contributed by atoms with Crippen LogP contribution in [-0.2, 0) is 6.54 Å². The minimum atomic E-state index is -0.873. The highest BCUT2D eigenvalue weighted by Crippen LogP contribution is 2.31. The molecule has 1 atom stereocenters. The van der Waals surface area contributed by atoms with Crippen LogP contribution in [0.2, 0.25) is 0 Å². The first kappa shape index (κ1) is 14.6. The van der Waals surface area contributed by atoms with Crippen molar-refractivity contribution in [2.24, 2.45) is 0 Å². The SMILES string of the molecule is O=C(O)c1cccc(CN2CCSCC2c2nccs2)c1. The highest BCUT2D eigenvalue weighted by molar-refractivity contribution is 7.99. The summed E-state index contributed by atoms with van der Waals surface area (Å²) in [6.07, 6.45) is 1.85. The number of hydrogen-bond donors (Lipinski definition) is 1. The molecule has 3 rings (SSSR count). The molecule has 0 bridgehead atoms. The Bertz CT molecular complexity index is 616. The molecule has 1 unspecified atom stereocenters. The van der Waals surface area contributed by atoms with E-state index in [4.69, 9.17) is 5.11 Å². The molecule has 0 saturated carbocycles. The number of thiazole rings is 1. The van der Waals surface area contributed by atoms with E-state index in [1.807, 2.05) is 35.5 Å². The summed E-state index contributed by atoms with van der Waals surface area (Å²) in [5, 5.41) is 12.3. The molecule has 0 radical (unpaired) electrons. The minimum absolute atomic E-state index is 0.331. The first-order chi connectivity index (χ1) is 10.2. The van der Waals surface area contributed by atoms with Gasteiger partial charge >= 0.3 is 5.97 Å². The topological polar surface area (TPSA) is 53.4 Å². The van der Waals surface area contributed by atoms with Gasteiger partial charge in [0, 0.05) is 36.2 Å². The van der Waals surface area contributed by atoms with E-state index in [1.165, 1.54) is 0 Å². The van der Waals surface area contributed by atoms with Crippen molar-refractivity contribution in [1.29, 1.82) is 0 Å². The Balaban J connectivity index is 1.78. The van der Waals surface area contributed by atoms with Crippen molar-refractivity contribution in [3.63, 3.8) is 0 Å². The monoisotopic (exact) mass is 320 g/mol. The van der Waals surface area contributed by atoms with Gasteiger partial charge in [0.15, 0.2) is 0 Å². The Kier molecular flexibility index (Phi) is 4.57. The van der Waals surface area contributed by atoms with Crippen LogP contribution >= 0.6 is 23.1 Å². The average molecular weight is 320 g/mol. The fourth-order valence-electron chi connectivity index (χ4n) is 2.49. The fourth-order valence-corrected chi connectivity index (χ4v) is 4.49. The van der Waals surface area contributed by atoms with Crippen molar-refractivity contribution in [2.75, 3.05) is 18.1 Å². The summed E-state index contributed by atoms with van der Waals surface area (Å²) in [5.74, 6) is 1.29. The summed E-state index contributed by atoms with van der Waals surface area (Å²) in [4.78, 5) is 17.9. The normalized spacial score (nSPS) is 19.5. The summed E-state index contributed by atoms with van der Waals surface area (Å²) in [7, 11) is 0. The third-order valence-corrected chi connectivity index (χ3v) is 5.43. The molecule has 0 aliphatic carbocycles. The maximum Gasteiger partial charge on any atom is 0.335 e. The maximum atomic E-state index is 11.1. The molecule has 4 nitrogen and oxygen atoms in total. The smallest absolute Gasteiger partial charge is 0.335 e. The van der Waals surface area contributed by atoms with Crippen molar-refractivity contribution in [1.82, 2.24) is 9.88 Å². The molecule has 110 valence electrons. The van der Waals surface area contributed by atoms with Crippen LogP contribution in [0.25, 0.3) is 0 Å². The highest BCUT2D eigenvalue weighted by atomic mass is 32.2. The van der Waals surface area contributed by atoms with Gasteiger partial charge in [0.2, 0.25) is 0 Å². The summed E-state index contributed by atoms with van der Waals surface area (Å²) in [6, 6.07) is 7.54. The van der Waals surface area contributed by atoms with E-state index >= 15 is 0 Å². The molecule has 0 spiro atoms. The van der Waals surface area contributed by atoms with Gasteiger partial charge in [-0.2, -0.15) is 11.8 Å². The molecule has 21 heavy (non-hydrogen) atoms. The predicted octanol–water partition coefficient (Wildman–Crippen LogP) is 3.13. The van der Waals surface area contributed by atoms with Crippen LogP contribution in [-0.4, -0.2) is 39.0 Å². The van der Waals surface area contributed by atoms with E-state index in [0.29, 0.717) is 11.6 Å². The van der Waals surface area contributed by atoms with Crippen LogP contribution in [0.1, 0.15) is 27.0 Å². The van der Waals surface area contributed by atoms with E-state index in [2.05, 4.69) is 9.88 Å². The van der Waals surface area contributed by atoms with Crippen LogP contribution < -0.4 is 0 Å². The van der Waals surface area contributed by atoms with Gasteiger partial charge in [-0.05, 0) is 17.7 Å². The lowest BCUT2D eigenvalue weighted by atomic mass is 10.1. The standard InChI is InChI=1S/C15H16N2O2S2/c18-15(19)12-3-1-2-11(8-12)9-17-5-7-20-10-13(17)14-16-4-6-21-14/h1-4,6,8,13H,5,7,9-10H2,(H,18,19). The maximum absolute atomic E-state index is 11.1. The van der Waals surface area contributed by atoms with Crippen LogP contribution in [0.4, 0.5) is 0 Å². The van der Waals surface area contributed by atoms with Crippen molar-refractivity contribution in [3.05, 3.63) is 52.0 Å². The molecule has 1 aliphatic heterocycles. The molecule has 1 aromatic heterocycles. The zero-order valence-electron chi connectivity index (χ0n) is 11.4. The van der Waals surface area contributed by atoms with Gasteiger partial charge in [-0.15, -0.1) is 11.3 Å². The summed E-state index contributed by atoms with van der Waals surface area (Å²) in [6.45, 7) is 1.78. The number of hydrogen-bond acceptors (Lipinski definition) is 5. The van der Waals surface area contributed by atoms with E-state index in [1.54, 1.807) is 23.5 Å². The summed E-state index contributed by atoms with van der Waals surface area (Å²) < 4.78 is 0. The predicted molar refractivity (Wildman–Crippen MR) is 86.0 cm³/mol. The third kappa shape index (κ3) is 3.45. The number of carboxylic acids is 1. The van der Waals surface area contributed by atoms with Crippen molar-refractivity contribution in [2.45, 2.75) is 12.6 Å². The van der Waals surface area contributed by atoms with Crippen LogP contribution in [0, 0.1) is 0 Å². The Morgan fingerprint density at radius 1 is 1.48 bits per heavy atom. The lowest BCUT2D eigenvalue weighted by Gasteiger charge is -2.34. The highest BCUT2D eigenvalue weighted by Gasteiger charge is 2.26. The third-order valence-electron chi connectivity index (χ3n) is 3.54. The Labute approximate surface area is 131 Å². The van der Waals surface area contributed by atoms with Gasteiger partial charge in [-0.3, -0.25) is 4.90 Å². The molecule has 1 saturated heterocycles. The zero-order chi connectivity index (χ0) is 14.7. The second-order valence-corrected chi connectivity index (χ2v) is 7.01. The number of thioether (sulfide) groups is 1. The second-order valence-electron chi connectivity index (χ2n) is 4.94. The molecular formula is C15H16N2O2S2. The number of aromatic carboxylic acids is 1. The zero-order valence-corrected chi connectivity index (χ0v) is 13.1. The average Bonchev–Trinajstić information content (AvgIpc) is 3.02. The largest absolute Gasteiger partial charge is 0.478 e. The van der Waals surface area contributed by atoms with Crippen molar-refractivity contribution >= 4 is 29.1 Å². The molecule has 1 aliphatic rings. The molecule has 2 heterocycles. The molecule has 1 aromatic carbocycles. The van der Waals surface area contributed by atoms with Gasteiger partial charge in [0.05, 0.1) is 11.6 Å². The van der Waals surface area contributed by atoms with Crippen molar-refractivity contribution < 1.29 is 9.90 Å². The van der Waals surface area contributed by atoms with Crippen LogP contribution in [0.3, 0.4) is 0 Å². The molecule has 1 N–H and O–H groups in total. The first-order valence-corrected chi connectivity index (χ1v) is 8.81. The molecular weight excluding hydrogens is 304 g/mol. The van der Waals surface area contributed by atoms with Gasteiger partial charge in [0.25, 0.3) is 0 Å². The van der Waals surface area contributed by atoms with Crippen LogP contribution in [0.15, 0.2) is 35.8 Å². The quantitative estimate of drug-likeness (QED) is 0.938. The Hall–Kier alpha value is -1.37. The van der Waals surface area contributed by atoms with E-state index in [0.717, 1.165) is 35.2 Å². The van der Waals surface area contributed by atoms with E-state index in [-0.39, 0.29) is 0 Å².